The first-order chi connectivity index (χ1) is 8.47. The third-order valence-electron chi connectivity index (χ3n) is 2.58. The van der Waals surface area contributed by atoms with E-state index >= 15 is 0 Å². The SMILES string of the molecule is NC(Cc1ccc(-n2cccn2)cc1)C(F)(F)F. The van der Waals surface area contributed by atoms with Crippen molar-refractivity contribution < 1.29 is 13.2 Å². The molecule has 18 heavy (non-hydrogen) atoms. The van der Waals surface area contributed by atoms with Gasteiger partial charge in [0.2, 0.25) is 0 Å². The lowest BCUT2D eigenvalue weighted by Gasteiger charge is -2.15. The highest BCUT2D eigenvalue weighted by Gasteiger charge is 2.36. The Balaban J connectivity index is 2.09. The van der Waals surface area contributed by atoms with Crippen molar-refractivity contribution in [1.82, 2.24) is 9.78 Å². The fraction of sp³-hybridized carbons (Fsp3) is 0.250. The van der Waals surface area contributed by atoms with Crippen molar-refractivity contribution in [2.75, 3.05) is 0 Å². The predicted molar refractivity (Wildman–Crippen MR) is 61.3 cm³/mol. The molecule has 0 aliphatic rings. The molecular formula is C12H12F3N3. The molecule has 1 aromatic carbocycles. The zero-order valence-electron chi connectivity index (χ0n) is 9.43. The van der Waals surface area contributed by atoms with Crippen LogP contribution in [0.1, 0.15) is 5.56 Å². The molecular weight excluding hydrogens is 243 g/mol. The molecule has 3 nitrogen and oxygen atoms in total. The van der Waals surface area contributed by atoms with Crippen molar-refractivity contribution >= 4 is 0 Å². The predicted octanol–water partition coefficient (Wildman–Crippen LogP) is 2.30. The quantitative estimate of drug-likeness (QED) is 0.914. The highest BCUT2D eigenvalue weighted by molar-refractivity contribution is 5.34. The lowest BCUT2D eigenvalue weighted by atomic mass is 10.1. The average Bonchev–Trinajstić information content (AvgIpc) is 2.82. The molecule has 1 atom stereocenters. The number of aromatic nitrogens is 2. The van der Waals surface area contributed by atoms with E-state index in [2.05, 4.69) is 5.10 Å². The van der Waals surface area contributed by atoms with Crippen LogP contribution in [0.15, 0.2) is 42.7 Å². The van der Waals surface area contributed by atoms with Gasteiger partial charge in [-0.15, -0.1) is 0 Å². The lowest BCUT2D eigenvalue weighted by molar-refractivity contribution is -0.147. The molecule has 0 saturated carbocycles. The molecule has 96 valence electrons. The van der Waals surface area contributed by atoms with E-state index in [1.807, 2.05) is 0 Å². The summed E-state index contributed by atoms with van der Waals surface area (Å²) in [5.41, 5.74) is 6.42. The molecule has 2 aromatic rings. The number of halogens is 3. The Morgan fingerprint density at radius 3 is 2.39 bits per heavy atom. The van der Waals surface area contributed by atoms with Crippen molar-refractivity contribution in [2.45, 2.75) is 18.6 Å². The fourth-order valence-electron chi connectivity index (χ4n) is 1.58. The molecule has 1 unspecified atom stereocenters. The first kappa shape index (κ1) is 12.6. The van der Waals surface area contributed by atoms with Crippen LogP contribution in [0.4, 0.5) is 13.2 Å². The van der Waals surface area contributed by atoms with Crippen LogP contribution < -0.4 is 5.73 Å². The van der Waals surface area contributed by atoms with Crippen LogP contribution in [0.5, 0.6) is 0 Å². The summed E-state index contributed by atoms with van der Waals surface area (Å²) in [5.74, 6) is 0. The summed E-state index contributed by atoms with van der Waals surface area (Å²) >= 11 is 0. The van der Waals surface area contributed by atoms with Gasteiger partial charge in [0.05, 0.1) is 5.69 Å². The van der Waals surface area contributed by atoms with Crippen LogP contribution in [-0.2, 0) is 6.42 Å². The third kappa shape index (κ3) is 2.89. The summed E-state index contributed by atoms with van der Waals surface area (Å²) in [6.07, 6.45) is -1.19. The van der Waals surface area contributed by atoms with Gasteiger partial charge in [0, 0.05) is 12.4 Å². The number of rotatable bonds is 3. The van der Waals surface area contributed by atoms with E-state index in [4.69, 9.17) is 5.73 Å². The lowest BCUT2D eigenvalue weighted by Crippen LogP contribution is -2.39. The van der Waals surface area contributed by atoms with Gasteiger partial charge in [-0.25, -0.2) is 4.68 Å². The van der Waals surface area contributed by atoms with Gasteiger partial charge in [-0.2, -0.15) is 18.3 Å². The Labute approximate surface area is 102 Å². The molecule has 0 bridgehead atoms. The first-order valence-electron chi connectivity index (χ1n) is 5.38. The molecule has 0 spiro atoms. The van der Waals surface area contributed by atoms with E-state index in [1.165, 1.54) is 0 Å². The molecule has 1 aromatic heterocycles. The van der Waals surface area contributed by atoms with Gasteiger partial charge in [-0.1, -0.05) is 12.1 Å². The van der Waals surface area contributed by atoms with Gasteiger partial charge in [-0.3, -0.25) is 0 Å². The normalized spacial score (nSPS) is 13.6. The minimum Gasteiger partial charge on any atom is -0.320 e. The monoisotopic (exact) mass is 255 g/mol. The highest BCUT2D eigenvalue weighted by atomic mass is 19.4. The van der Waals surface area contributed by atoms with Crippen LogP contribution in [0.3, 0.4) is 0 Å². The minimum absolute atomic E-state index is 0.219. The molecule has 0 aliphatic heterocycles. The Bertz CT molecular complexity index is 488. The molecule has 0 saturated heterocycles. The van der Waals surface area contributed by atoms with Crippen LogP contribution >= 0.6 is 0 Å². The second-order valence-corrected chi connectivity index (χ2v) is 3.97. The van der Waals surface area contributed by atoms with Gasteiger partial charge in [0.15, 0.2) is 0 Å². The van der Waals surface area contributed by atoms with Crippen molar-refractivity contribution in [3.8, 4) is 5.69 Å². The third-order valence-corrected chi connectivity index (χ3v) is 2.58. The zero-order chi connectivity index (χ0) is 13.2. The van der Waals surface area contributed by atoms with E-state index in [9.17, 15) is 13.2 Å². The molecule has 0 radical (unpaired) electrons. The van der Waals surface area contributed by atoms with E-state index in [0.717, 1.165) is 5.69 Å². The van der Waals surface area contributed by atoms with E-state index in [1.54, 1.807) is 47.4 Å². The molecule has 2 rings (SSSR count). The fourth-order valence-corrected chi connectivity index (χ4v) is 1.58. The van der Waals surface area contributed by atoms with Crippen molar-refractivity contribution in [1.29, 1.82) is 0 Å². The Morgan fingerprint density at radius 2 is 1.89 bits per heavy atom. The number of benzene rings is 1. The van der Waals surface area contributed by atoms with Crippen molar-refractivity contribution in [2.24, 2.45) is 5.73 Å². The van der Waals surface area contributed by atoms with Crippen LogP contribution in [0.2, 0.25) is 0 Å². The maximum Gasteiger partial charge on any atom is 0.403 e. The summed E-state index contributed by atoms with van der Waals surface area (Å²) in [6.45, 7) is 0. The van der Waals surface area contributed by atoms with Crippen LogP contribution in [0, 0.1) is 0 Å². The number of hydrogen-bond donors (Lipinski definition) is 1. The zero-order valence-corrected chi connectivity index (χ0v) is 9.43. The maximum absolute atomic E-state index is 12.3. The van der Waals surface area contributed by atoms with E-state index in [0.29, 0.717) is 5.56 Å². The Hall–Kier alpha value is -1.82. The van der Waals surface area contributed by atoms with E-state index < -0.39 is 12.2 Å². The summed E-state index contributed by atoms with van der Waals surface area (Å²) in [5, 5.41) is 4.03. The van der Waals surface area contributed by atoms with E-state index in [-0.39, 0.29) is 6.42 Å². The average molecular weight is 255 g/mol. The Morgan fingerprint density at radius 1 is 1.22 bits per heavy atom. The largest absolute Gasteiger partial charge is 0.403 e. The summed E-state index contributed by atoms with van der Waals surface area (Å²) < 4.78 is 38.5. The van der Waals surface area contributed by atoms with Gasteiger partial charge in [-0.05, 0) is 30.2 Å². The van der Waals surface area contributed by atoms with Crippen molar-refractivity contribution in [3.63, 3.8) is 0 Å². The number of hydrogen-bond acceptors (Lipinski definition) is 2. The maximum atomic E-state index is 12.3. The molecule has 2 N–H and O–H groups in total. The molecule has 0 fully saturated rings. The molecule has 1 heterocycles. The number of nitrogens with two attached hydrogens (primary N) is 1. The smallest absolute Gasteiger partial charge is 0.320 e. The summed E-state index contributed by atoms with van der Waals surface area (Å²) in [7, 11) is 0. The second kappa shape index (κ2) is 4.81. The molecule has 0 amide bonds. The minimum atomic E-state index is -4.36. The standard InChI is InChI=1S/C12H12F3N3/c13-12(14,15)11(16)8-9-2-4-10(5-3-9)18-7-1-6-17-18/h1-7,11H,8,16H2. The topological polar surface area (TPSA) is 43.8 Å². The van der Waals surface area contributed by atoms with Crippen LogP contribution in [0.25, 0.3) is 5.69 Å². The van der Waals surface area contributed by atoms with Gasteiger partial charge < -0.3 is 5.73 Å². The second-order valence-electron chi connectivity index (χ2n) is 3.97. The number of nitrogens with zero attached hydrogens (tertiary/aromatic N) is 2. The number of alkyl halides is 3. The summed E-state index contributed by atoms with van der Waals surface area (Å²) in [6, 6.07) is 6.63. The highest BCUT2D eigenvalue weighted by Crippen LogP contribution is 2.21. The van der Waals surface area contributed by atoms with Crippen LogP contribution in [-0.4, -0.2) is 22.0 Å². The molecule has 6 heteroatoms. The van der Waals surface area contributed by atoms with Gasteiger partial charge in [0.25, 0.3) is 0 Å². The van der Waals surface area contributed by atoms with Gasteiger partial charge in [0.1, 0.15) is 6.04 Å². The Kier molecular flexibility index (Phi) is 3.38. The summed E-state index contributed by atoms with van der Waals surface area (Å²) in [4.78, 5) is 0. The first-order valence-corrected chi connectivity index (χ1v) is 5.38. The van der Waals surface area contributed by atoms with Gasteiger partial charge >= 0.3 is 6.18 Å². The molecule has 0 aliphatic carbocycles. The van der Waals surface area contributed by atoms with Crippen molar-refractivity contribution in [3.05, 3.63) is 48.3 Å².